The van der Waals surface area contributed by atoms with Gasteiger partial charge in [-0.1, -0.05) is 18.2 Å². The van der Waals surface area contributed by atoms with Gasteiger partial charge in [-0.15, -0.1) is 0 Å². The molecule has 2 heterocycles. The Balaban J connectivity index is 1.76. The predicted octanol–water partition coefficient (Wildman–Crippen LogP) is 4.34. The largest absolute Gasteiger partial charge is 0.416 e. The average Bonchev–Trinajstić information content (AvgIpc) is 2.94. The highest BCUT2D eigenvalue weighted by atomic mass is 19.4. The number of aryl methyl sites for hydroxylation is 1. The molecule has 27 heavy (non-hydrogen) atoms. The minimum Gasteiger partial charge on any atom is -0.347 e. The van der Waals surface area contributed by atoms with Crippen LogP contribution in [0.4, 0.5) is 13.2 Å². The molecule has 2 aromatic heterocycles. The lowest BCUT2D eigenvalue weighted by Gasteiger charge is -2.27. The van der Waals surface area contributed by atoms with E-state index in [1.54, 1.807) is 26.0 Å². The molecule has 1 N–H and O–H groups in total. The van der Waals surface area contributed by atoms with Gasteiger partial charge < -0.3 is 9.88 Å². The van der Waals surface area contributed by atoms with Crippen molar-refractivity contribution in [3.8, 4) is 0 Å². The number of aromatic nitrogens is 2. The first kappa shape index (κ1) is 18.9. The molecule has 0 atom stereocenters. The maximum Gasteiger partial charge on any atom is 0.416 e. The van der Waals surface area contributed by atoms with E-state index < -0.39 is 17.3 Å². The molecule has 4 nitrogen and oxygen atoms in total. The van der Waals surface area contributed by atoms with Gasteiger partial charge >= 0.3 is 6.18 Å². The van der Waals surface area contributed by atoms with Gasteiger partial charge in [0.15, 0.2) is 0 Å². The van der Waals surface area contributed by atoms with E-state index in [2.05, 4.69) is 10.3 Å². The highest BCUT2D eigenvalue weighted by molar-refractivity contribution is 5.97. The van der Waals surface area contributed by atoms with Crippen LogP contribution >= 0.6 is 0 Å². The molecule has 0 aliphatic carbocycles. The van der Waals surface area contributed by atoms with E-state index in [9.17, 15) is 18.0 Å². The fourth-order valence-electron chi connectivity index (χ4n) is 3.07. The van der Waals surface area contributed by atoms with E-state index >= 15 is 0 Å². The SMILES string of the molecule is Cn1ccc2cc(C(=O)NC(C)(C)Cc3cccc(C(F)(F)F)c3)cnc21. The smallest absolute Gasteiger partial charge is 0.347 e. The van der Waals surface area contributed by atoms with Crippen LogP contribution in [0.1, 0.15) is 35.3 Å². The molecule has 0 bridgehead atoms. The molecule has 3 aromatic rings. The number of rotatable bonds is 4. The molecule has 0 aliphatic rings. The lowest BCUT2D eigenvalue weighted by molar-refractivity contribution is -0.137. The number of amides is 1. The zero-order valence-electron chi connectivity index (χ0n) is 15.3. The second-order valence-corrected chi connectivity index (χ2v) is 7.28. The Morgan fingerprint density at radius 2 is 1.93 bits per heavy atom. The maximum absolute atomic E-state index is 12.9. The highest BCUT2D eigenvalue weighted by Crippen LogP contribution is 2.30. The zero-order chi connectivity index (χ0) is 19.8. The Bertz CT molecular complexity index is 990. The number of fused-ring (bicyclic) bond motifs is 1. The Morgan fingerprint density at radius 3 is 2.63 bits per heavy atom. The molecule has 1 amide bonds. The number of alkyl halides is 3. The van der Waals surface area contributed by atoms with Gasteiger partial charge in [0, 0.05) is 30.4 Å². The molecule has 1 aromatic carbocycles. The van der Waals surface area contributed by atoms with Crippen LogP contribution in [0, 0.1) is 0 Å². The van der Waals surface area contributed by atoms with Crippen LogP contribution in [0.5, 0.6) is 0 Å². The predicted molar refractivity (Wildman–Crippen MR) is 97.4 cm³/mol. The van der Waals surface area contributed by atoms with Crippen molar-refractivity contribution < 1.29 is 18.0 Å². The number of hydrogen-bond donors (Lipinski definition) is 1. The van der Waals surface area contributed by atoms with Crippen molar-refractivity contribution in [3.05, 3.63) is 65.5 Å². The summed E-state index contributed by atoms with van der Waals surface area (Å²) in [6.07, 6.45) is -0.765. The van der Waals surface area contributed by atoms with Crippen molar-refractivity contribution >= 4 is 16.9 Å². The number of nitrogens with one attached hydrogen (secondary N) is 1. The molecule has 142 valence electrons. The van der Waals surface area contributed by atoms with Crippen LogP contribution in [-0.4, -0.2) is 21.0 Å². The first-order valence-electron chi connectivity index (χ1n) is 8.45. The third-order valence-corrected chi connectivity index (χ3v) is 4.32. The number of carbonyl (C=O) groups is 1. The van der Waals surface area contributed by atoms with Crippen molar-refractivity contribution in [2.75, 3.05) is 0 Å². The summed E-state index contributed by atoms with van der Waals surface area (Å²) in [5.41, 5.74) is 0.264. The maximum atomic E-state index is 12.9. The fraction of sp³-hybridized carbons (Fsp3) is 0.300. The summed E-state index contributed by atoms with van der Waals surface area (Å²) < 4.78 is 40.5. The van der Waals surface area contributed by atoms with Crippen molar-refractivity contribution in [1.82, 2.24) is 14.9 Å². The van der Waals surface area contributed by atoms with Gasteiger partial charge in [0.25, 0.3) is 5.91 Å². The number of nitrogens with zero attached hydrogens (tertiary/aromatic N) is 2. The summed E-state index contributed by atoms with van der Waals surface area (Å²) in [5, 5.41) is 3.73. The normalized spacial score (nSPS) is 12.4. The van der Waals surface area contributed by atoms with Gasteiger partial charge in [-0.25, -0.2) is 4.98 Å². The van der Waals surface area contributed by atoms with E-state index in [4.69, 9.17) is 0 Å². The number of carbonyl (C=O) groups excluding carboxylic acids is 1. The van der Waals surface area contributed by atoms with Gasteiger partial charge in [-0.2, -0.15) is 13.2 Å². The first-order valence-corrected chi connectivity index (χ1v) is 8.45. The van der Waals surface area contributed by atoms with Gasteiger partial charge in [0.2, 0.25) is 0 Å². The lowest BCUT2D eigenvalue weighted by atomic mass is 9.93. The highest BCUT2D eigenvalue weighted by Gasteiger charge is 2.31. The summed E-state index contributed by atoms with van der Waals surface area (Å²) >= 11 is 0. The first-order chi connectivity index (χ1) is 12.5. The minimum absolute atomic E-state index is 0.268. The Kier molecular flexibility index (Phi) is 4.71. The fourth-order valence-corrected chi connectivity index (χ4v) is 3.07. The zero-order valence-corrected chi connectivity index (χ0v) is 15.3. The molecule has 0 saturated carbocycles. The van der Waals surface area contributed by atoms with E-state index in [-0.39, 0.29) is 12.3 Å². The van der Waals surface area contributed by atoms with Crippen LogP contribution < -0.4 is 5.32 Å². The van der Waals surface area contributed by atoms with Crippen LogP contribution in [0.3, 0.4) is 0 Å². The molecule has 0 saturated heterocycles. The van der Waals surface area contributed by atoms with Crippen LogP contribution in [0.25, 0.3) is 11.0 Å². The Labute approximate surface area is 155 Å². The Hall–Kier alpha value is -2.83. The van der Waals surface area contributed by atoms with E-state index in [0.29, 0.717) is 11.1 Å². The van der Waals surface area contributed by atoms with Crippen molar-refractivity contribution in [2.24, 2.45) is 7.05 Å². The summed E-state index contributed by atoms with van der Waals surface area (Å²) in [7, 11) is 1.87. The molecule has 0 spiro atoms. The minimum atomic E-state index is -4.39. The van der Waals surface area contributed by atoms with Gasteiger partial charge in [-0.05, 0) is 44.0 Å². The van der Waals surface area contributed by atoms with E-state index in [1.165, 1.54) is 12.3 Å². The molecule has 0 radical (unpaired) electrons. The lowest BCUT2D eigenvalue weighted by Crippen LogP contribution is -2.45. The second-order valence-electron chi connectivity index (χ2n) is 7.28. The van der Waals surface area contributed by atoms with Crippen molar-refractivity contribution in [3.63, 3.8) is 0 Å². The number of benzene rings is 1. The summed E-state index contributed by atoms with van der Waals surface area (Å²) in [5.74, 6) is -0.315. The number of halogens is 3. The standard InChI is InChI=1S/C20H20F3N3O/c1-19(2,11-13-5-4-6-16(9-13)20(21,22)23)25-18(27)15-10-14-7-8-26(3)17(14)24-12-15/h4-10,12H,11H2,1-3H3,(H,25,27). The quantitative estimate of drug-likeness (QED) is 0.737. The Morgan fingerprint density at radius 1 is 1.19 bits per heavy atom. The van der Waals surface area contributed by atoms with Crippen LogP contribution in [0.2, 0.25) is 0 Å². The average molecular weight is 375 g/mol. The second kappa shape index (κ2) is 6.72. The summed E-state index contributed by atoms with van der Waals surface area (Å²) in [4.78, 5) is 16.9. The van der Waals surface area contributed by atoms with Gasteiger partial charge in [0.05, 0.1) is 11.1 Å². The summed E-state index contributed by atoms with van der Waals surface area (Å²) in [6.45, 7) is 3.55. The van der Waals surface area contributed by atoms with E-state index in [1.807, 2.05) is 23.9 Å². The third-order valence-electron chi connectivity index (χ3n) is 4.32. The molecule has 0 aliphatic heterocycles. The molecule has 7 heteroatoms. The van der Waals surface area contributed by atoms with Crippen LogP contribution in [0.15, 0.2) is 48.8 Å². The van der Waals surface area contributed by atoms with Crippen molar-refractivity contribution in [2.45, 2.75) is 32.0 Å². The van der Waals surface area contributed by atoms with E-state index in [0.717, 1.165) is 23.2 Å². The molecular formula is C20H20F3N3O. The molecule has 0 fully saturated rings. The van der Waals surface area contributed by atoms with Crippen molar-refractivity contribution in [1.29, 1.82) is 0 Å². The number of hydrogen-bond acceptors (Lipinski definition) is 2. The number of pyridine rings is 1. The molecular weight excluding hydrogens is 355 g/mol. The van der Waals surface area contributed by atoms with Gasteiger partial charge in [0.1, 0.15) is 5.65 Å². The summed E-state index contributed by atoms with van der Waals surface area (Å²) in [6, 6.07) is 8.77. The molecule has 3 rings (SSSR count). The topological polar surface area (TPSA) is 46.9 Å². The monoisotopic (exact) mass is 375 g/mol. The van der Waals surface area contributed by atoms with Crippen LogP contribution in [-0.2, 0) is 19.6 Å². The third kappa shape index (κ3) is 4.30. The van der Waals surface area contributed by atoms with Gasteiger partial charge in [-0.3, -0.25) is 4.79 Å². The molecule has 0 unspecified atom stereocenters.